The molecule has 4 rings (SSSR count). The molecule has 0 saturated carbocycles. The molecule has 3 aromatic rings. The number of nitrogens with two attached hydrogens (primary N) is 1. The van der Waals surface area contributed by atoms with Gasteiger partial charge in [-0.3, -0.25) is 15.4 Å². The summed E-state index contributed by atoms with van der Waals surface area (Å²) in [4.78, 5) is 14.6. The average Bonchev–Trinajstić information content (AvgIpc) is 2.91. The molecule has 1 aliphatic heterocycles. The van der Waals surface area contributed by atoms with E-state index in [2.05, 4.69) is 20.3 Å². The standard InChI is InChI=1S/C26H27F4N9/c1-25(2,39(33)14-32)7-5-22-21(27)9-17(12-34-22)37-24-19-6-8-38(13-23(19)35-15-36-24)18-4-3-16(11-31)20(10-18)26(28,29)30/h3-4,9-10,12,14-15,32H,5-8,13,33H2,1-2H3,(H,35,36,37). The van der Waals surface area contributed by atoms with Gasteiger partial charge in [0, 0.05) is 23.9 Å². The molecule has 1 aliphatic rings. The lowest BCUT2D eigenvalue weighted by molar-refractivity contribution is -0.137. The van der Waals surface area contributed by atoms with E-state index < -0.39 is 28.7 Å². The Morgan fingerprint density at radius 1 is 1.23 bits per heavy atom. The molecule has 13 heteroatoms. The second-order valence-corrected chi connectivity index (χ2v) is 9.78. The second-order valence-electron chi connectivity index (χ2n) is 9.78. The molecule has 0 atom stereocenters. The first-order valence-corrected chi connectivity index (χ1v) is 12.1. The SMILES string of the molecule is CC(C)(CCc1ncc(Nc2ncnc3c2CCN(c2ccc(C#N)c(C(F)(F)F)c2)C3)cc1F)N(N)C=N. The number of halogens is 4. The summed E-state index contributed by atoms with van der Waals surface area (Å²) < 4.78 is 55.1. The van der Waals surface area contributed by atoms with Gasteiger partial charge in [-0.25, -0.2) is 20.2 Å². The summed E-state index contributed by atoms with van der Waals surface area (Å²) >= 11 is 0. The fraction of sp³-hybridized carbons (Fsp3) is 0.346. The zero-order chi connectivity index (χ0) is 28.4. The van der Waals surface area contributed by atoms with Crippen molar-refractivity contribution in [2.45, 2.75) is 51.4 Å². The summed E-state index contributed by atoms with van der Waals surface area (Å²) in [7, 11) is 0. The van der Waals surface area contributed by atoms with Crippen LogP contribution in [0.15, 0.2) is 36.8 Å². The molecular weight excluding hydrogens is 514 g/mol. The Labute approximate surface area is 222 Å². The van der Waals surface area contributed by atoms with Crippen LogP contribution in [0.2, 0.25) is 0 Å². The Morgan fingerprint density at radius 3 is 2.67 bits per heavy atom. The molecule has 0 saturated heterocycles. The van der Waals surface area contributed by atoms with Crippen LogP contribution < -0.4 is 16.1 Å². The highest BCUT2D eigenvalue weighted by Crippen LogP contribution is 2.36. The molecule has 0 aliphatic carbocycles. The zero-order valence-corrected chi connectivity index (χ0v) is 21.3. The summed E-state index contributed by atoms with van der Waals surface area (Å²) in [5.74, 6) is 5.76. The third-order valence-corrected chi connectivity index (χ3v) is 6.79. The van der Waals surface area contributed by atoms with E-state index in [1.54, 1.807) is 11.0 Å². The number of aryl methyl sites for hydroxylation is 1. The van der Waals surface area contributed by atoms with Crippen molar-refractivity contribution in [1.29, 1.82) is 10.7 Å². The van der Waals surface area contributed by atoms with E-state index in [4.69, 9.17) is 16.5 Å². The summed E-state index contributed by atoms with van der Waals surface area (Å²) in [6, 6.07) is 6.57. The Bertz CT molecular complexity index is 1420. The molecule has 0 fully saturated rings. The van der Waals surface area contributed by atoms with Gasteiger partial charge in [-0.1, -0.05) is 0 Å². The molecule has 1 aromatic carbocycles. The zero-order valence-electron chi connectivity index (χ0n) is 21.3. The Morgan fingerprint density at radius 2 is 2.00 bits per heavy atom. The molecule has 2 aromatic heterocycles. The van der Waals surface area contributed by atoms with Crippen LogP contribution in [0.1, 0.15) is 48.3 Å². The molecule has 39 heavy (non-hydrogen) atoms. The van der Waals surface area contributed by atoms with Crippen molar-refractivity contribution in [2.75, 3.05) is 16.8 Å². The monoisotopic (exact) mass is 541 g/mol. The highest BCUT2D eigenvalue weighted by Gasteiger charge is 2.34. The molecule has 0 spiro atoms. The molecule has 0 unspecified atom stereocenters. The first-order chi connectivity index (χ1) is 18.4. The van der Waals surface area contributed by atoms with E-state index >= 15 is 0 Å². The first kappa shape index (κ1) is 27.7. The number of anilines is 3. The van der Waals surface area contributed by atoms with Crippen molar-refractivity contribution in [3.05, 3.63) is 70.7 Å². The minimum atomic E-state index is -4.64. The van der Waals surface area contributed by atoms with Gasteiger partial charge in [0.05, 0.1) is 58.9 Å². The van der Waals surface area contributed by atoms with Crippen LogP contribution in [0.3, 0.4) is 0 Å². The van der Waals surface area contributed by atoms with Crippen molar-refractivity contribution >= 4 is 23.5 Å². The van der Waals surface area contributed by atoms with E-state index in [1.807, 2.05) is 13.8 Å². The molecule has 9 nitrogen and oxygen atoms in total. The lowest BCUT2D eigenvalue weighted by atomic mass is 9.96. The summed E-state index contributed by atoms with van der Waals surface area (Å²) in [5.41, 5.74) is 0.445. The normalized spacial score (nSPS) is 13.4. The van der Waals surface area contributed by atoms with Gasteiger partial charge in [-0.15, -0.1) is 0 Å². The third kappa shape index (κ3) is 6.06. The van der Waals surface area contributed by atoms with Crippen molar-refractivity contribution < 1.29 is 17.6 Å². The maximum Gasteiger partial charge on any atom is 0.417 e. The lowest BCUT2D eigenvalue weighted by Gasteiger charge is -2.32. The van der Waals surface area contributed by atoms with Gasteiger partial charge in [0.25, 0.3) is 0 Å². The van der Waals surface area contributed by atoms with Crippen molar-refractivity contribution in [3.8, 4) is 6.07 Å². The summed E-state index contributed by atoms with van der Waals surface area (Å²) in [5, 5.41) is 20.7. The van der Waals surface area contributed by atoms with E-state index in [1.165, 1.54) is 35.7 Å². The highest BCUT2D eigenvalue weighted by atomic mass is 19.4. The number of nitriles is 1. The molecule has 0 amide bonds. The maximum absolute atomic E-state index is 14.8. The number of benzene rings is 1. The van der Waals surface area contributed by atoms with Crippen LogP contribution in [0, 0.1) is 22.6 Å². The molecule has 0 radical (unpaired) electrons. The van der Waals surface area contributed by atoms with E-state index in [-0.39, 0.29) is 12.2 Å². The molecular formula is C26H27F4N9. The quantitative estimate of drug-likeness (QED) is 0.123. The van der Waals surface area contributed by atoms with E-state index in [9.17, 15) is 17.6 Å². The Hall–Kier alpha value is -4.31. The number of hydrogen-bond donors (Lipinski definition) is 3. The van der Waals surface area contributed by atoms with Gasteiger partial charge in [0.2, 0.25) is 0 Å². The number of rotatable bonds is 8. The number of alkyl halides is 3. The third-order valence-electron chi connectivity index (χ3n) is 6.79. The van der Waals surface area contributed by atoms with Gasteiger partial charge >= 0.3 is 6.18 Å². The van der Waals surface area contributed by atoms with Crippen LogP contribution >= 0.6 is 0 Å². The van der Waals surface area contributed by atoms with Crippen molar-refractivity contribution in [3.63, 3.8) is 0 Å². The number of hydrogen-bond acceptors (Lipinski definition) is 8. The first-order valence-electron chi connectivity index (χ1n) is 12.1. The van der Waals surface area contributed by atoms with Gasteiger partial charge in [-0.05, 0) is 51.3 Å². The predicted octanol–water partition coefficient (Wildman–Crippen LogP) is 4.70. The van der Waals surface area contributed by atoms with Crippen molar-refractivity contribution in [1.82, 2.24) is 20.0 Å². The molecule has 0 bridgehead atoms. The van der Waals surface area contributed by atoms with Crippen LogP contribution in [0.5, 0.6) is 0 Å². The summed E-state index contributed by atoms with van der Waals surface area (Å²) in [6.45, 7) is 4.34. The second kappa shape index (κ2) is 10.8. The Balaban J connectivity index is 1.49. The fourth-order valence-corrected chi connectivity index (χ4v) is 4.33. The maximum atomic E-state index is 14.8. The molecule has 4 N–H and O–H groups in total. The minimum absolute atomic E-state index is 0.241. The number of fused-ring (bicyclic) bond motifs is 1. The van der Waals surface area contributed by atoms with Gasteiger partial charge in [-0.2, -0.15) is 18.4 Å². The van der Waals surface area contributed by atoms with Gasteiger partial charge in [0.15, 0.2) is 0 Å². The van der Waals surface area contributed by atoms with Crippen LogP contribution in [0.25, 0.3) is 0 Å². The fourth-order valence-electron chi connectivity index (χ4n) is 4.33. The van der Waals surface area contributed by atoms with Gasteiger partial charge in [0.1, 0.15) is 18.0 Å². The van der Waals surface area contributed by atoms with E-state index in [0.717, 1.165) is 18.0 Å². The molecule has 3 heterocycles. The smallest absolute Gasteiger partial charge is 0.365 e. The number of pyridine rings is 1. The van der Waals surface area contributed by atoms with E-state index in [0.29, 0.717) is 48.7 Å². The number of aromatic nitrogens is 3. The van der Waals surface area contributed by atoms with Gasteiger partial charge < -0.3 is 10.2 Å². The highest BCUT2D eigenvalue weighted by molar-refractivity contribution is 5.62. The van der Waals surface area contributed by atoms with Crippen LogP contribution in [0.4, 0.5) is 34.8 Å². The van der Waals surface area contributed by atoms with Crippen LogP contribution in [-0.2, 0) is 25.6 Å². The average molecular weight is 542 g/mol. The largest absolute Gasteiger partial charge is 0.417 e. The summed E-state index contributed by atoms with van der Waals surface area (Å²) in [6.07, 6.45) is 0.455. The lowest BCUT2D eigenvalue weighted by Crippen LogP contribution is -2.47. The number of nitrogens with zero attached hydrogens (tertiary/aromatic N) is 6. The van der Waals surface area contributed by atoms with Crippen molar-refractivity contribution in [2.24, 2.45) is 5.84 Å². The van der Waals surface area contributed by atoms with Crippen LogP contribution in [-0.4, -0.2) is 38.4 Å². The molecule has 204 valence electrons. The predicted molar refractivity (Wildman–Crippen MR) is 138 cm³/mol. The minimum Gasteiger partial charge on any atom is -0.365 e. The topological polar surface area (TPSA) is 131 Å². The Kier molecular flexibility index (Phi) is 7.69. The number of hydrazine groups is 1. The number of nitrogens with one attached hydrogen (secondary N) is 2.